The molecule has 1 aliphatic heterocycles. The zero-order valence-electron chi connectivity index (χ0n) is 10.7. The molecule has 5 nitrogen and oxygen atoms in total. The first-order valence-electron chi connectivity index (χ1n) is 6.01. The van der Waals surface area contributed by atoms with E-state index in [1.165, 1.54) is 6.20 Å². The Labute approximate surface area is 129 Å². The molecule has 0 radical (unpaired) electrons. The number of hydrogen-bond acceptors (Lipinski definition) is 4. The van der Waals surface area contributed by atoms with E-state index >= 15 is 0 Å². The van der Waals surface area contributed by atoms with Gasteiger partial charge in [0.15, 0.2) is 0 Å². The molecule has 1 saturated heterocycles. The minimum Gasteiger partial charge on any atom is -0.336 e. The first-order chi connectivity index (χ1) is 8.74. The molecule has 20 heavy (non-hydrogen) atoms. The van der Waals surface area contributed by atoms with Crippen LogP contribution in [0.5, 0.6) is 0 Å². The van der Waals surface area contributed by atoms with E-state index in [1.807, 2.05) is 24.3 Å². The molecular formula is C13H16Cl2N4O. The van der Waals surface area contributed by atoms with Crippen LogP contribution in [0.25, 0.3) is 11.0 Å². The lowest BCUT2D eigenvalue weighted by atomic mass is 10.3. The smallest absolute Gasteiger partial charge is 0.274 e. The molecule has 2 aromatic rings. The number of para-hydroxylation sites is 2. The number of nitrogens with zero attached hydrogens (tertiary/aromatic N) is 3. The van der Waals surface area contributed by atoms with E-state index in [1.54, 1.807) is 4.90 Å². The number of benzene rings is 1. The fourth-order valence-electron chi connectivity index (χ4n) is 2.19. The molecule has 0 saturated carbocycles. The van der Waals surface area contributed by atoms with E-state index in [0.29, 0.717) is 18.8 Å². The summed E-state index contributed by atoms with van der Waals surface area (Å²) in [7, 11) is 0. The van der Waals surface area contributed by atoms with Crippen LogP contribution in [0.4, 0.5) is 0 Å². The van der Waals surface area contributed by atoms with Gasteiger partial charge in [0.1, 0.15) is 5.69 Å². The fraction of sp³-hybridized carbons (Fsp3) is 0.308. The van der Waals surface area contributed by atoms with Crippen molar-refractivity contribution in [2.45, 2.75) is 12.5 Å². The molecule has 2 N–H and O–H groups in total. The van der Waals surface area contributed by atoms with Gasteiger partial charge in [-0.05, 0) is 18.6 Å². The molecule has 0 bridgehead atoms. The van der Waals surface area contributed by atoms with E-state index in [2.05, 4.69) is 9.97 Å². The Hall–Kier alpha value is -1.43. The van der Waals surface area contributed by atoms with Gasteiger partial charge < -0.3 is 10.6 Å². The van der Waals surface area contributed by atoms with E-state index in [0.717, 1.165) is 17.5 Å². The molecule has 1 aliphatic rings. The number of aromatic nitrogens is 2. The second kappa shape index (κ2) is 6.83. The summed E-state index contributed by atoms with van der Waals surface area (Å²) in [4.78, 5) is 22.5. The molecule has 1 unspecified atom stereocenters. The molecule has 1 amide bonds. The van der Waals surface area contributed by atoms with Crippen molar-refractivity contribution in [3.05, 3.63) is 36.2 Å². The Kier molecular flexibility index (Phi) is 5.68. The Morgan fingerprint density at radius 1 is 1.25 bits per heavy atom. The summed E-state index contributed by atoms with van der Waals surface area (Å²) < 4.78 is 0. The number of halogens is 2. The highest BCUT2D eigenvalue weighted by Gasteiger charge is 2.25. The second-order valence-corrected chi connectivity index (χ2v) is 4.54. The molecule has 108 valence electrons. The molecule has 1 aromatic carbocycles. The lowest BCUT2D eigenvalue weighted by molar-refractivity contribution is 0.0785. The van der Waals surface area contributed by atoms with Crippen LogP contribution in [-0.2, 0) is 0 Å². The van der Waals surface area contributed by atoms with Gasteiger partial charge in [0.25, 0.3) is 5.91 Å². The molecule has 3 rings (SSSR count). The Balaban J connectivity index is 0.000001000. The third-order valence-corrected chi connectivity index (χ3v) is 3.18. The number of carbonyl (C=O) groups excluding carboxylic acids is 1. The molecule has 0 spiro atoms. The third-order valence-electron chi connectivity index (χ3n) is 3.18. The van der Waals surface area contributed by atoms with Crippen molar-refractivity contribution in [1.82, 2.24) is 14.9 Å². The van der Waals surface area contributed by atoms with E-state index < -0.39 is 0 Å². The van der Waals surface area contributed by atoms with Gasteiger partial charge in [-0.1, -0.05) is 12.1 Å². The molecule has 1 atom stereocenters. The minimum absolute atomic E-state index is 0. The summed E-state index contributed by atoms with van der Waals surface area (Å²) in [6, 6.07) is 7.61. The van der Waals surface area contributed by atoms with Gasteiger partial charge in [0.05, 0.1) is 17.2 Å². The topological polar surface area (TPSA) is 72.1 Å². The first kappa shape index (κ1) is 16.6. The van der Waals surface area contributed by atoms with Gasteiger partial charge in [0.2, 0.25) is 0 Å². The Morgan fingerprint density at radius 3 is 2.60 bits per heavy atom. The lowest BCUT2D eigenvalue weighted by Crippen LogP contribution is -2.32. The van der Waals surface area contributed by atoms with Crippen LogP contribution in [-0.4, -0.2) is 39.9 Å². The van der Waals surface area contributed by atoms with E-state index in [9.17, 15) is 4.79 Å². The Bertz CT molecular complexity index is 608. The maximum Gasteiger partial charge on any atom is 0.274 e. The number of hydrogen-bond donors (Lipinski definition) is 1. The highest BCUT2D eigenvalue weighted by molar-refractivity contribution is 5.94. The van der Waals surface area contributed by atoms with Crippen molar-refractivity contribution in [2.75, 3.05) is 13.1 Å². The highest BCUT2D eigenvalue weighted by Crippen LogP contribution is 2.13. The van der Waals surface area contributed by atoms with Crippen LogP contribution in [0.1, 0.15) is 16.9 Å². The molecule has 1 aromatic heterocycles. The summed E-state index contributed by atoms with van der Waals surface area (Å²) >= 11 is 0. The van der Waals surface area contributed by atoms with Crippen LogP contribution in [0.15, 0.2) is 30.5 Å². The monoisotopic (exact) mass is 314 g/mol. The normalized spacial score (nSPS) is 17.4. The third kappa shape index (κ3) is 3.17. The van der Waals surface area contributed by atoms with Crippen LogP contribution in [0, 0.1) is 0 Å². The van der Waals surface area contributed by atoms with Crippen LogP contribution in [0.2, 0.25) is 0 Å². The van der Waals surface area contributed by atoms with Crippen LogP contribution in [0.3, 0.4) is 0 Å². The van der Waals surface area contributed by atoms with Gasteiger partial charge >= 0.3 is 0 Å². The zero-order chi connectivity index (χ0) is 12.5. The van der Waals surface area contributed by atoms with Crippen molar-refractivity contribution in [3.8, 4) is 0 Å². The van der Waals surface area contributed by atoms with Crippen LogP contribution >= 0.6 is 24.8 Å². The zero-order valence-corrected chi connectivity index (χ0v) is 12.4. The summed E-state index contributed by atoms with van der Waals surface area (Å²) in [5.41, 5.74) is 7.73. The molecule has 7 heteroatoms. The maximum atomic E-state index is 12.2. The summed E-state index contributed by atoms with van der Waals surface area (Å²) in [5.74, 6) is -0.0822. The number of nitrogens with two attached hydrogens (primary N) is 1. The van der Waals surface area contributed by atoms with Gasteiger partial charge in [-0.25, -0.2) is 4.98 Å². The average Bonchev–Trinajstić information content (AvgIpc) is 2.84. The predicted molar refractivity (Wildman–Crippen MR) is 82.5 cm³/mol. The fourth-order valence-corrected chi connectivity index (χ4v) is 2.19. The molecule has 2 heterocycles. The SMILES string of the molecule is Cl.Cl.NC1CCN(C(=O)c2cnc3ccccc3n2)C1. The number of carbonyl (C=O) groups is 1. The number of fused-ring (bicyclic) bond motifs is 1. The second-order valence-electron chi connectivity index (χ2n) is 4.54. The van der Waals surface area contributed by atoms with Gasteiger partial charge in [-0.15, -0.1) is 24.8 Å². The van der Waals surface area contributed by atoms with Crippen LogP contribution < -0.4 is 5.73 Å². The standard InChI is InChI=1S/C13H14N4O.2ClH/c14-9-5-6-17(8-9)13(18)12-7-15-10-3-1-2-4-11(10)16-12;;/h1-4,7,9H,5-6,8,14H2;2*1H. The number of amides is 1. The minimum atomic E-state index is -0.0822. The van der Waals surface area contributed by atoms with Crippen molar-refractivity contribution in [1.29, 1.82) is 0 Å². The molecule has 1 fully saturated rings. The summed E-state index contributed by atoms with van der Waals surface area (Å²) in [6.07, 6.45) is 2.39. The maximum absolute atomic E-state index is 12.2. The summed E-state index contributed by atoms with van der Waals surface area (Å²) in [6.45, 7) is 1.31. The van der Waals surface area contributed by atoms with Crippen molar-refractivity contribution in [2.24, 2.45) is 5.73 Å². The number of rotatable bonds is 1. The van der Waals surface area contributed by atoms with Gasteiger partial charge in [-0.3, -0.25) is 9.78 Å². The largest absolute Gasteiger partial charge is 0.336 e. The number of likely N-dealkylation sites (tertiary alicyclic amines) is 1. The highest BCUT2D eigenvalue weighted by atomic mass is 35.5. The first-order valence-corrected chi connectivity index (χ1v) is 6.01. The van der Waals surface area contributed by atoms with Gasteiger partial charge in [-0.2, -0.15) is 0 Å². The molecule has 0 aliphatic carbocycles. The van der Waals surface area contributed by atoms with Crippen molar-refractivity contribution in [3.63, 3.8) is 0 Å². The van der Waals surface area contributed by atoms with E-state index in [-0.39, 0.29) is 36.8 Å². The quantitative estimate of drug-likeness (QED) is 0.868. The van der Waals surface area contributed by atoms with Gasteiger partial charge in [0, 0.05) is 19.1 Å². The predicted octanol–water partition coefficient (Wildman–Crippen LogP) is 1.65. The summed E-state index contributed by atoms with van der Waals surface area (Å²) in [5, 5.41) is 0. The van der Waals surface area contributed by atoms with Crippen molar-refractivity contribution >= 4 is 41.8 Å². The Morgan fingerprint density at radius 2 is 1.95 bits per heavy atom. The van der Waals surface area contributed by atoms with Crippen molar-refractivity contribution < 1.29 is 4.79 Å². The average molecular weight is 315 g/mol. The van der Waals surface area contributed by atoms with E-state index in [4.69, 9.17) is 5.73 Å². The molecular weight excluding hydrogens is 299 g/mol. The lowest BCUT2D eigenvalue weighted by Gasteiger charge is -2.14.